The summed E-state index contributed by atoms with van der Waals surface area (Å²) in [4.78, 5) is 15.6. The summed E-state index contributed by atoms with van der Waals surface area (Å²) in [6.07, 6.45) is 10.9. The fraction of sp³-hybridized carbons (Fsp3) is 0.462. The summed E-state index contributed by atoms with van der Waals surface area (Å²) < 4.78 is 0. The van der Waals surface area contributed by atoms with Gasteiger partial charge in [-0.25, -0.2) is 4.79 Å². The highest BCUT2D eigenvalue weighted by molar-refractivity contribution is 5.92. The molecule has 1 unspecified atom stereocenters. The summed E-state index contributed by atoms with van der Waals surface area (Å²) in [5.41, 5.74) is 7.16. The Morgan fingerprint density at radius 2 is 1.83 bits per heavy atom. The first-order valence-corrected chi connectivity index (χ1v) is 10.7. The van der Waals surface area contributed by atoms with Gasteiger partial charge in [0.15, 0.2) is 0 Å². The van der Waals surface area contributed by atoms with E-state index >= 15 is 0 Å². The van der Waals surface area contributed by atoms with Crippen molar-refractivity contribution in [3.8, 4) is 0 Å². The third-order valence-corrected chi connectivity index (χ3v) is 7.11. The first kappa shape index (κ1) is 19.9. The van der Waals surface area contributed by atoms with Gasteiger partial charge in [-0.05, 0) is 71.3 Å². The van der Waals surface area contributed by atoms with Crippen LogP contribution >= 0.6 is 0 Å². The van der Waals surface area contributed by atoms with Crippen LogP contribution < -0.4 is 0 Å². The number of hydrogen-bond acceptors (Lipinski definition) is 2. The maximum Gasteiger partial charge on any atom is 0.337 e. The predicted molar refractivity (Wildman–Crippen MR) is 117 cm³/mol. The van der Waals surface area contributed by atoms with Gasteiger partial charge in [-0.1, -0.05) is 57.5 Å². The fourth-order valence-corrected chi connectivity index (χ4v) is 5.16. The smallest absolute Gasteiger partial charge is 0.337 e. The maximum absolute atomic E-state index is 11.6. The number of aromatic carboxylic acids is 1. The molecule has 0 spiro atoms. The largest absolute Gasteiger partial charge is 0.478 e. The van der Waals surface area contributed by atoms with Crippen molar-refractivity contribution in [3.05, 3.63) is 70.0 Å². The van der Waals surface area contributed by atoms with Crippen LogP contribution in [0.3, 0.4) is 0 Å². The Hall–Kier alpha value is -2.42. The highest BCUT2D eigenvalue weighted by atomic mass is 16.4. The summed E-state index contributed by atoms with van der Waals surface area (Å²) in [6.45, 7) is 9.45. The molecule has 29 heavy (non-hydrogen) atoms. The van der Waals surface area contributed by atoms with Gasteiger partial charge < -0.3 is 5.11 Å². The molecule has 0 bridgehead atoms. The van der Waals surface area contributed by atoms with Crippen LogP contribution in [0.4, 0.5) is 0 Å². The minimum atomic E-state index is -0.919. The van der Waals surface area contributed by atoms with E-state index in [-0.39, 0.29) is 16.4 Å². The number of benzene rings is 1. The zero-order valence-electron chi connectivity index (χ0n) is 18.0. The Bertz CT molecular complexity index is 984. The second kappa shape index (κ2) is 7.12. The summed E-state index contributed by atoms with van der Waals surface area (Å²) in [5.74, 6) is -0.548. The number of fused-ring (bicyclic) bond motifs is 1. The predicted octanol–water partition coefficient (Wildman–Crippen LogP) is 6.48. The molecule has 0 aliphatic heterocycles. The first-order chi connectivity index (χ1) is 13.7. The molecule has 0 saturated heterocycles. The zero-order chi connectivity index (χ0) is 20.8. The lowest BCUT2D eigenvalue weighted by Gasteiger charge is -2.42. The summed E-state index contributed by atoms with van der Waals surface area (Å²) in [5, 5.41) is 9.49. The third-order valence-electron chi connectivity index (χ3n) is 7.11. The molecule has 1 saturated carbocycles. The van der Waals surface area contributed by atoms with Gasteiger partial charge in [-0.3, -0.25) is 4.98 Å². The van der Waals surface area contributed by atoms with E-state index in [4.69, 9.17) is 0 Å². The average molecular weight is 390 g/mol. The standard InChI is InChI=1S/C26H31NO2/c1-25(2)11-12-26(3,4)23-15-18(8-9-22(23)25)20-7-5-6-17(20)14-19-10-13-27-16-21(19)24(28)29/h8-10,13-16,20H,5-7,11-12H2,1-4H3,(H,28,29)/b17-14+. The quantitative estimate of drug-likeness (QED) is 0.653. The lowest BCUT2D eigenvalue weighted by Crippen LogP contribution is -2.34. The van der Waals surface area contributed by atoms with E-state index in [1.807, 2.05) is 6.07 Å². The van der Waals surface area contributed by atoms with Crippen LogP contribution in [-0.4, -0.2) is 16.1 Å². The molecule has 3 nitrogen and oxygen atoms in total. The van der Waals surface area contributed by atoms with Gasteiger partial charge >= 0.3 is 5.97 Å². The van der Waals surface area contributed by atoms with Gasteiger partial charge in [0.25, 0.3) is 0 Å². The molecule has 1 N–H and O–H groups in total. The van der Waals surface area contributed by atoms with Crippen molar-refractivity contribution in [1.29, 1.82) is 0 Å². The van der Waals surface area contributed by atoms with Crippen molar-refractivity contribution in [2.75, 3.05) is 0 Å². The van der Waals surface area contributed by atoms with Crippen molar-refractivity contribution in [1.82, 2.24) is 4.98 Å². The van der Waals surface area contributed by atoms with E-state index < -0.39 is 5.97 Å². The van der Waals surface area contributed by atoms with E-state index in [2.05, 4.69) is 57.0 Å². The molecule has 2 aromatic rings. The first-order valence-electron chi connectivity index (χ1n) is 10.7. The van der Waals surface area contributed by atoms with Gasteiger partial charge in [-0.2, -0.15) is 0 Å². The molecule has 0 amide bonds. The van der Waals surface area contributed by atoms with Crippen LogP contribution in [0.2, 0.25) is 0 Å². The van der Waals surface area contributed by atoms with Gasteiger partial charge in [0.1, 0.15) is 0 Å². The molecule has 0 radical (unpaired) electrons. The van der Waals surface area contributed by atoms with Gasteiger partial charge in [0.05, 0.1) is 5.56 Å². The highest BCUT2D eigenvalue weighted by Crippen LogP contribution is 2.48. The summed E-state index contributed by atoms with van der Waals surface area (Å²) >= 11 is 0. The minimum Gasteiger partial charge on any atom is -0.478 e. The van der Waals surface area contributed by atoms with Crippen LogP contribution in [-0.2, 0) is 10.8 Å². The van der Waals surface area contributed by atoms with Gasteiger partial charge in [0.2, 0.25) is 0 Å². The topological polar surface area (TPSA) is 50.2 Å². The molecule has 2 aliphatic carbocycles. The Labute approximate surface area is 173 Å². The van der Waals surface area contributed by atoms with Crippen LogP contribution in [0.1, 0.15) is 98.3 Å². The van der Waals surface area contributed by atoms with Crippen molar-refractivity contribution in [2.45, 2.75) is 76.5 Å². The Morgan fingerprint density at radius 3 is 2.55 bits per heavy atom. The number of pyridine rings is 1. The monoisotopic (exact) mass is 389 g/mol. The normalized spacial score (nSPS) is 23.7. The number of carboxylic acids is 1. The van der Waals surface area contributed by atoms with Crippen molar-refractivity contribution < 1.29 is 9.90 Å². The lowest BCUT2D eigenvalue weighted by atomic mass is 9.62. The molecule has 1 heterocycles. The van der Waals surface area contributed by atoms with Crippen molar-refractivity contribution in [2.24, 2.45) is 0 Å². The molecule has 152 valence electrons. The third kappa shape index (κ3) is 3.63. The molecular weight excluding hydrogens is 358 g/mol. The summed E-state index contributed by atoms with van der Waals surface area (Å²) in [7, 11) is 0. The van der Waals surface area contributed by atoms with Crippen molar-refractivity contribution >= 4 is 12.0 Å². The van der Waals surface area contributed by atoms with Crippen LogP contribution in [0.15, 0.2) is 42.2 Å². The van der Waals surface area contributed by atoms with Crippen LogP contribution in [0.25, 0.3) is 6.08 Å². The SMILES string of the molecule is CC1(C)CCC(C)(C)c2cc(C3CCC/C3=C\c3ccncc3C(=O)O)ccc21. The van der Waals surface area contributed by atoms with E-state index in [1.165, 1.54) is 41.3 Å². The summed E-state index contributed by atoms with van der Waals surface area (Å²) in [6, 6.07) is 8.93. The van der Waals surface area contributed by atoms with Crippen LogP contribution in [0.5, 0.6) is 0 Å². The molecule has 3 heteroatoms. The lowest BCUT2D eigenvalue weighted by molar-refractivity contribution is 0.0696. The molecule has 1 aromatic heterocycles. The number of carboxylic acid groups (broad SMARTS) is 1. The number of carbonyl (C=O) groups is 1. The van der Waals surface area contributed by atoms with E-state index in [0.717, 1.165) is 24.8 Å². The second-order valence-electron chi connectivity index (χ2n) is 10.0. The maximum atomic E-state index is 11.6. The van der Waals surface area contributed by atoms with Crippen LogP contribution in [0, 0.1) is 0 Å². The number of hydrogen-bond donors (Lipinski definition) is 1. The molecule has 4 rings (SSSR count). The Balaban J connectivity index is 1.75. The Morgan fingerprint density at radius 1 is 1.10 bits per heavy atom. The zero-order valence-corrected chi connectivity index (χ0v) is 18.0. The Kier molecular flexibility index (Phi) is 4.88. The van der Waals surface area contributed by atoms with E-state index in [1.54, 1.807) is 6.20 Å². The average Bonchev–Trinajstić information content (AvgIpc) is 3.14. The number of allylic oxidation sites excluding steroid dienone is 1. The molecule has 1 atom stereocenters. The number of nitrogens with zero attached hydrogens (tertiary/aromatic N) is 1. The second-order valence-corrected chi connectivity index (χ2v) is 10.0. The fourth-order valence-electron chi connectivity index (χ4n) is 5.16. The minimum absolute atomic E-state index is 0.199. The van der Waals surface area contributed by atoms with E-state index in [0.29, 0.717) is 5.92 Å². The number of aromatic nitrogens is 1. The van der Waals surface area contributed by atoms with Crippen molar-refractivity contribution in [3.63, 3.8) is 0 Å². The van der Waals surface area contributed by atoms with E-state index in [9.17, 15) is 9.90 Å². The van der Waals surface area contributed by atoms with Gasteiger partial charge in [0, 0.05) is 18.3 Å². The highest BCUT2D eigenvalue weighted by Gasteiger charge is 2.37. The molecule has 1 aromatic carbocycles. The molecular formula is C26H31NO2. The molecule has 2 aliphatic rings. The number of rotatable bonds is 3. The molecule has 1 fully saturated rings. The van der Waals surface area contributed by atoms with Gasteiger partial charge in [-0.15, -0.1) is 0 Å².